The number of hydrogen-bond acceptors (Lipinski definition) is 5. The highest BCUT2D eigenvalue weighted by atomic mass is 79.9. The third kappa shape index (κ3) is 1.53. The molecule has 0 aliphatic rings. The second kappa shape index (κ2) is 3.35. The highest BCUT2D eigenvalue weighted by Gasteiger charge is 2.08. The van der Waals surface area contributed by atoms with E-state index in [1.54, 1.807) is 12.4 Å². The van der Waals surface area contributed by atoms with Gasteiger partial charge in [-0.2, -0.15) is 0 Å². The predicted molar refractivity (Wildman–Crippen MR) is 60.5 cm³/mol. The monoisotopic (exact) mass is 281 g/mol. The van der Waals surface area contributed by atoms with Gasteiger partial charge in [0.15, 0.2) is 11.5 Å². The zero-order valence-electron chi connectivity index (χ0n) is 7.31. The summed E-state index contributed by atoms with van der Waals surface area (Å²) >= 11 is 4.66. The van der Waals surface area contributed by atoms with Crippen LogP contribution in [-0.4, -0.2) is 24.5 Å². The van der Waals surface area contributed by atoms with Gasteiger partial charge in [0.1, 0.15) is 4.88 Å². The number of pyridine rings is 1. The molecule has 7 heteroatoms. The standard InChI is InChI=1S/C8H4BrN5S/c9-4-1-5-7(10-2-4)13-8(12-5)6-3-11-14-15-6/h1-3H,(H,10,12,13). The van der Waals surface area contributed by atoms with Crippen LogP contribution in [0.5, 0.6) is 0 Å². The van der Waals surface area contributed by atoms with Crippen LogP contribution in [0.1, 0.15) is 0 Å². The van der Waals surface area contributed by atoms with Crippen LogP contribution in [0, 0.1) is 0 Å². The van der Waals surface area contributed by atoms with E-state index in [4.69, 9.17) is 0 Å². The summed E-state index contributed by atoms with van der Waals surface area (Å²) in [4.78, 5) is 12.6. The molecule has 0 radical (unpaired) electrons. The lowest BCUT2D eigenvalue weighted by molar-refractivity contribution is 1.15. The minimum absolute atomic E-state index is 0.696. The summed E-state index contributed by atoms with van der Waals surface area (Å²) in [5, 5.41) is 3.77. The van der Waals surface area contributed by atoms with E-state index >= 15 is 0 Å². The summed E-state index contributed by atoms with van der Waals surface area (Å²) in [5.74, 6) is 0.755. The van der Waals surface area contributed by atoms with Gasteiger partial charge in [0.05, 0.1) is 11.7 Å². The number of fused-ring (bicyclic) bond motifs is 1. The molecule has 0 aliphatic heterocycles. The Balaban J connectivity index is 2.22. The first-order valence-corrected chi connectivity index (χ1v) is 5.68. The quantitative estimate of drug-likeness (QED) is 0.743. The van der Waals surface area contributed by atoms with Gasteiger partial charge in [0.2, 0.25) is 0 Å². The van der Waals surface area contributed by atoms with E-state index in [-0.39, 0.29) is 0 Å². The SMILES string of the molecule is Brc1cnc2nc(-c3cnns3)[nH]c2c1. The van der Waals surface area contributed by atoms with E-state index in [2.05, 4.69) is 40.5 Å². The fraction of sp³-hybridized carbons (Fsp3) is 0. The molecule has 0 aliphatic carbocycles. The van der Waals surface area contributed by atoms with Gasteiger partial charge < -0.3 is 4.98 Å². The molecule has 0 saturated carbocycles. The molecular weight excluding hydrogens is 278 g/mol. The Morgan fingerprint density at radius 3 is 3.07 bits per heavy atom. The van der Waals surface area contributed by atoms with E-state index in [0.717, 1.165) is 20.7 Å². The van der Waals surface area contributed by atoms with Crippen LogP contribution in [0.15, 0.2) is 22.9 Å². The maximum absolute atomic E-state index is 4.34. The molecule has 1 N–H and O–H groups in total. The van der Waals surface area contributed by atoms with Crippen LogP contribution >= 0.6 is 27.5 Å². The van der Waals surface area contributed by atoms with Crippen LogP contribution in [0.4, 0.5) is 0 Å². The Morgan fingerprint density at radius 1 is 1.33 bits per heavy atom. The van der Waals surface area contributed by atoms with Crippen molar-refractivity contribution in [1.82, 2.24) is 24.5 Å². The van der Waals surface area contributed by atoms with E-state index in [0.29, 0.717) is 5.65 Å². The van der Waals surface area contributed by atoms with E-state index in [9.17, 15) is 0 Å². The van der Waals surface area contributed by atoms with Crippen molar-refractivity contribution < 1.29 is 0 Å². The maximum atomic E-state index is 4.34. The molecule has 0 saturated heterocycles. The molecule has 5 nitrogen and oxygen atoms in total. The molecule has 0 aromatic carbocycles. The van der Waals surface area contributed by atoms with Gasteiger partial charge >= 0.3 is 0 Å². The highest BCUT2D eigenvalue weighted by molar-refractivity contribution is 9.10. The molecule has 3 rings (SSSR count). The van der Waals surface area contributed by atoms with Crippen molar-refractivity contribution in [1.29, 1.82) is 0 Å². The molecule has 3 heterocycles. The zero-order chi connectivity index (χ0) is 10.3. The summed E-state index contributed by atoms with van der Waals surface area (Å²) in [6.45, 7) is 0. The Bertz CT molecular complexity index is 603. The number of hydrogen-bond donors (Lipinski definition) is 1. The Hall–Kier alpha value is -1.34. The molecule has 0 fully saturated rings. The van der Waals surface area contributed by atoms with Gasteiger partial charge in [-0.25, -0.2) is 9.97 Å². The Morgan fingerprint density at radius 2 is 2.27 bits per heavy atom. The van der Waals surface area contributed by atoms with Gasteiger partial charge in [-0.15, -0.1) is 5.10 Å². The van der Waals surface area contributed by atoms with Gasteiger partial charge in [0.25, 0.3) is 0 Å². The summed E-state index contributed by atoms with van der Waals surface area (Å²) in [6.07, 6.45) is 3.40. The molecule has 0 unspecified atom stereocenters. The first-order chi connectivity index (χ1) is 7.33. The number of aromatic amines is 1. The normalized spacial score (nSPS) is 11.0. The second-order valence-corrected chi connectivity index (χ2v) is 4.59. The summed E-state index contributed by atoms with van der Waals surface area (Å²) < 4.78 is 4.71. The minimum Gasteiger partial charge on any atom is -0.336 e. The lowest BCUT2D eigenvalue weighted by Gasteiger charge is -1.87. The predicted octanol–water partition coefficient (Wildman–Crippen LogP) is 2.24. The summed E-state index contributed by atoms with van der Waals surface area (Å²) in [6, 6.07) is 1.94. The van der Waals surface area contributed by atoms with E-state index in [1.165, 1.54) is 11.5 Å². The van der Waals surface area contributed by atoms with Crippen LogP contribution in [0.2, 0.25) is 0 Å². The average Bonchev–Trinajstić information content (AvgIpc) is 2.84. The van der Waals surface area contributed by atoms with Crippen molar-refractivity contribution in [3.05, 3.63) is 22.9 Å². The summed E-state index contributed by atoms with van der Waals surface area (Å²) in [7, 11) is 0. The number of nitrogens with zero attached hydrogens (tertiary/aromatic N) is 4. The topological polar surface area (TPSA) is 67.3 Å². The minimum atomic E-state index is 0.696. The van der Waals surface area contributed by atoms with Crippen molar-refractivity contribution >= 4 is 38.6 Å². The van der Waals surface area contributed by atoms with Crippen LogP contribution in [-0.2, 0) is 0 Å². The molecule has 0 bridgehead atoms. The third-order valence-corrected chi connectivity index (χ3v) is 3.00. The van der Waals surface area contributed by atoms with E-state index in [1.807, 2.05) is 6.07 Å². The van der Waals surface area contributed by atoms with Crippen LogP contribution in [0.25, 0.3) is 21.9 Å². The molecule has 3 aromatic heterocycles. The summed E-state index contributed by atoms with van der Waals surface area (Å²) in [5.41, 5.74) is 1.59. The fourth-order valence-corrected chi connectivity index (χ4v) is 2.05. The number of aromatic nitrogens is 5. The average molecular weight is 282 g/mol. The molecule has 74 valence electrons. The van der Waals surface area contributed by atoms with Crippen LogP contribution < -0.4 is 0 Å². The number of nitrogens with one attached hydrogen (secondary N) is 1. The Kier molecular flexibility index (Phi) is 2.00. The van der Waals surface area contributed by atoms with Crippen molar-refractivity contribution in [3.63, 3.8) is 0 Å². The van der Waals surface area contributed by atoms with Gasteiger partial charge in [-0.1, -0.05) is 4.49 Å². The second-order valence-electron chi connectivity index (χ2n) is 2.89. The Labute approximate surface area is 96.9 Å². The van der Waals surface area contributed by atoms with Crippen LogP contribution in [0.3, 0.4) is 0 Å². The van der Waals surface area contributed by atoms with E-state index < -0.39 is 0 Å². The van der Waals surface area contributed by atoms with Crippen molar-refractivity contribution in [2.24, 2.45) is 0 Å². The largest absolute Gasteiger partial charge is 0.336 e. The molecule has 0 atom stereocenters. The lowest BCUT2D eigenvalue weighted by Crippen LogP contribution is -1.75. The number of rotatable bonds is 1. The molecule has 0 spiro atoms. The van der Waals surface area contributed by atoms with Crippen molar-refractivity contribution in [2.75, 3.05) is 0 Å². The highest BCUT2D eigenvalue weighted by Crippen LogP contribution is 2.22. The first-order valence-electron chi connectivity index (χ1n) is 4.12. The van der Waals surface area contributed by atoms with Gasteiger partial charge in [0, 0.05) is 10.7 Å². The van der Waals surface area contributed by atoms with Gasteiger partial charge in [-0.3, -0.25) is 0 Å². The number of H-pyrrole nitrogens is 1. The first kappa shape index (κ1) is 8.93. The number of imidazole rings is 1. The third-order valence-electron chi connectivity index (χ3n) is 1.90. The fourth-order valence-electron chi connectivity index (χ4n) is 1.26. The lowest BCUT2D eigenvalue weighted by atomic mass is 10.4. The smallest absolute Gasteiger partial charge is 0.178 e. The molecule has 0 amide bonds. The van der Waals surface area contributed by atoms with Crippen molar-refractivity contribution in [3.8, 4) is 10.7 Å². The number of halogens is 1. The zero-order valence-corrected chi connectivity index (χ0v) is 9.71. The van der Waals surface area contributed by atoms with Crippen molar-refractivity contribution in [2.45, 2.75) is 0 Å². The van der Waals surface area contributed by atoms with Gasteiger partial charge in [-0.05, 0) is 33.5 Å². The molecule has 15 heavy (non-hydrogen) atoms. The molecular formula is C8H4BrN5S. The molecule has 3 aromatic rings. The maximum Gasteiger partial charge on any atom is 0.178 e.